The molecule has 0 rings (SSSR count). The van der Waals surface area contributed by atoms with Crippen LogP contribution < -0.4 is 0 Å². The fourth-order valence-corrected chi connectivity index (χ4v) is 5.03. The molecule has 0 aliphatic heterocycles. The van der Waals surface area contributed by atoms with Crippen LogP contribution in [0.5, 0.6) is 0 Å². The molecule has 49 heavy (non-hydrogen) atoms. The molecule has 0 aliphatic rings. The fraction of sp³-hybridized carbons (Fsp3) is 0.674. The Bertz CT molecular complexity index is 942. The van der Waals surface area contributed by atoms with Crippen molar-refractivity contribution in [1.29, 1.82) is 0 Å². The maximum absolute atomic E-state index is 12.0. The van der Waals surface area contributed by atoms with Gasteiger partial charge in [0.2, 0.25) is 0 Å². The number of esters is 2. The molecule has 0 amide bonds. The van der Waals surface area contributed by atoms with Gasteiger partial charge in [-0.15, -0.1) is 0 Å². The Balaban J connectivity index is 3.70. The molecule has 0 aromatic heterocycles. The maximum atomic E-state index is 12.0. The second-order valence-corrected chi connectivity index (χ2v) is 13.4. The van der Waals surface area contributed by atoms with Gasteiger partial charge >= 0.3 is 11.9 Å². The van der Waals surface area contributed by atoms with Gasteiger partial charge in [-0.05, 0) is 50.9 Å². The van der Waals surface area contributed by atoms with Gasteiger partial charge in [-0.1, -0.05) is 171 Å². The van der Waals surface area contributed by atoms with E-state index in [-0.39, 0.29) is 32.0 Å². The molecule has 0 spiro atoms. The largest absolute Gasteiger partial charge is 0.463 e. The molecule has 0 fully saturated rings. The van der Waals surface area contributed by atoms with Gasteiger partial charge in [-0.25, -0.2) is 0 Å². The summed E-state index contributed by atoms with van der Waals surface area (Å²) in [5.41, 5.74) is 0. The van der Waals surface area contributed by atoms with Crippen LogP contribution in [0, 0.1) is 5.92 Å². The summed E-state index contributed by atoms with van der Waals surface area (Å²) in [6, 6.07) is 0. The first-order valence-electron chi connectivity index (χ1n) is 19.5. The number of carbonyl (C=O) groups is 2. The Kier molecular flexibility index (Phi) is 34.6. The third kappa shape index (κ3) is 38.0. The van der Waals surface area contributed by atoms with E-state index in [4.69, 9.17) is 9.47 Å². The van der Waals surface area contributed by atoms with Crippen LogP contribution in [0.3, 0.4) is 0 Å². The Morgan fingerprint density at radius 2 is 0.959 bits per heavy atom. The van der Waals surface area contributed by atoms with E-state index in [1.807, 2.05) is 12.2 Å². The molecule has 6 heteroatoms. The highest BCUT2D eigenvalue weighted by Crippen LogP contribution is 2.14. The van der Waals surface area contributed by atoms with E-state index in [9.17, 15) is 19.8 Å². The first-order valence-corrected chi connectivity index (χ1v) is 19.5. The molecule has 0 saturated carbocycles. The van der Waals surface area contributed by atoms with E-state index in [0.717, 1.165) is 57.3 Å². The van der Waals surface area contributed by atoms with Crippen LogP contribution in [-0.2, 0) is 19.1 Å². The van der Waals surface area contributed by atoms with Crippen molar-refractivity contribution in [3.05, 3.63) is 72.9 Å². The highest BCUT2D eigenvalue weighted by molar-refractivity contribution is 5.69. The molecule has 0 heterocycles. The molecule has 280 valence electrons. The van der Waals surface area contributed by atoms with Crippen molar-refractivity contribution in [2.24, 2.45) is 5.92 Å². The Hall–Kier alpha value is -2.70. The average molecular weight is 685 g/mol. The molecular weight excluding hydrogens is 612 g/mol. The van der Waals surface area contributed by atoms with Gasteiger partial charge < -0.3 is 19.7 Å². The summed E-state index contributed by atoms with van der Waals surface area (Å²) >= 11 is 0. The predicted octanol–water partition coefficient (Wildman–Crippen LogP) is 11.0. The van der Waals surface area contributed by atoms with Gasteiger partial charge in [-0.3, -0.25) is 9.59 Å². The lowest BCUT2D eigenvalue weighted by molar-refractivity contribution is -0.152. The monoisotopic (exact) mass is 685 g/mol. The first-order chi connectivity index (χ1) is 23.8. The van der Waals surface area contributed by atoms with Gasteiger partial charge in [0.15, 0.2) is 0 Å². The Labute approximate surface area is 300 Å². The summed E-state index contributed by atoms with van der Waals surface area (Å²) in [7, 11) is 0. The summed E-state index contributed by atoms with van der Waals surface area (Å²) < 4.78 is 10.2. The summed E-state index contributed by atoms with van der Waals surface area (Å²) in [6.07, 6.45) is 44.3. The average Bonchev–Trinajstić information content (AvgIpc) is 3.08. The lowest BCUT2D eigenvalue weighted by Crippen LogP contribution is -2.25. The van der Waals surface area contributed by atoms with E-state index in [1.54, 1.807) is 12.2 Å². The number of hydrogen-bond acceptors (Lipinski definition) is 6. The SMILES string of the molecule is CC/C=C\C/C=C\C/C=C\C/C=C\C/C=C\C=C/C(O)CCC(=O)OC[C@@H](O)COC(=O)CCCCCCCCCCCCCCC(C)C. The van der Waals surface area contributed by atoms with Crippen LogP contribution in [0.15, 0.2) is 72.9 Å². The number of rotatable bonds is 33. The van der Waals surface area contributed by atoms with Gasteiger partial charge in [0.05, 0.1) is 6.10 Å². The minimum Gasteiger partial charge on any atom is -0.463 e. The highest BCUT2D eigenvalue weighted by atomic mass is 16.6. The zero-order valence-electron chi connectivity index (χ0n) is 31.5. The number of hydrogen-bond donors (Lipinski definition) is 2. The van der Waals surface area contributed by atoms with Crippen LogP contribution in [0.25, 0.3) is 0 Å². The van der Waals surface area contributed by atoms with Crippen molar-refractivity contribution < 1.29 is 29.3 Å². The third-order valence-corrected chi connectivity index (χ3v) is 8.00. The number of unbranched alkanes of at least 4 members (excludes halogenated alkanes) is 11. The molecule has 0 aromatic carbocycles. The lowest BCUT2D eigenvalue weighted by Gasteiger charge is -2.12. The van der Waals surface area contributed by atoms with Crippen LogP contribution in [0.2, 0.25) is 0 Å². The number of aliphatic hydroxyl groups excluding tert-OH is 2. The first kappa shape index (κ1) is 46.3. The number of aliphatic hydroxyl groups is 2. The van der Waals surface area contributed by atoms with E-state index in [0.29, 0.717) is 6.42 Å². The van der Waals surface area contributed by atoms with Crippen molar-refractivity contribution in [2.75, 3.05) is 13.2 Å². The summed E-state index contributed by atoms with van der Waals surface area (Å²) in [4.78, 5) is 23.9. The quantitative estimate of drug-likeness (QED) is 0.0309. The fourth-order valence-electron chi connectivity index (χ4n) is 5.03. The summed E-state index contributed by atoms with van der Waals surface area (Å²) in [6.45, 7) is 6.30. The number of ether oxygens (including phenoxy) is 2. The Morgan fingerprint density at radius 1 is 0.531 bits per heavy atom. The lowest BCUT2D eigenvalue weighted by atomic mass is 10.0. The molecule has 0 radical (unpaired) electrons. The van der Waals surface area contributed by atoms with Crippen LogP contribution in [0.1, 0.15) is 156 Å². The zero-order chi connectivity index (χ0) is 36.0. The highest BCUT2D eigenvalue weighted by Gasteiger charge is 2.13. The van der Waals surface area contributed by atoms with E-state index in [2.05, 4.69) is 69.4 Å². The van der Waals surface area contributed by atoms with Crippen LogP contribution in [-0.4, -0.2) is 47.6 Å². The van der Waals surface area contributed by atoms with Crippen LogP contribution >= 0.6 is 0 Å². The predicted molar refractivity (Wildman–Crippen MR) is 206 cm³/mol. The molecule has 0 aromatic rings. The molecule has 0 aliphatic carbocycles. The molecule has 0 bridgehead atoms. The van der Waals surface area contributed by atoms with Crippen molar-refractivity contribution in [2.45, 2.75) is 168 Å². The van der Waals surface area contributed by atoms with Crippen LogP contribution in [0.4, 0.5) is 0 Å². The normalized spacial score (nSPS) is 13.8. The summed E-state index contributed by atoms with van der Waals surface area (Å²) in [5, 5.41) is 20.1. The van der Waals surface area contributed by atoms with Gasteiger partial charge in [-0.2, -0.15) is 0 Å². The number of carbonyl (C=O) groups excluding carboxylic acids is 2. The van der Waals surface area contributed by atoms with Crippen molar-refractivity contribution in [3.63, 3.8) is 0 Å². The van der Waals surface area contributed by atoms with Crippen molar-refractivity contribution in [1.82, 2.24) is 0 Å². The zero-order valence-corrected chi connectivity index (χ0v) is 31.5. The molecule has 2 N–H and O–H groups in total. The summed E-state index contributed by atoms with van der Waals surface area (Å²) in [5.74, 6) is -0.0120. The second-order valence-electron chi connectivity index (χ2n) is 13.4. The standard InChI is InChI=1S/C43H72O6/c1-4-5-6-7-8-9-10-11-12-13-14-18-21-24-27-30-33-40(44)35-36-43(47)49-38-41(45)37-48-42(46)34-31-28-25-22-19-16-15-17-20-23-26-29-32-39(2)3/h5-6,8-9,11-12,14,18,24,27,30,33,39-41,44-45H,4,7,10,13,15-17,19-23,25-26,28-29,31-32,34-38H2,1-3H3/b6-5-,9-8-,12-11-,18-14-,27-24-,33-30-/t40?,41-/m0/s1. The smallest absolute Gasteiger partial charge is 0.305 e. The molecule has 6 nitrogen and oxygen atoms in total. The Morgan fingerprint density at radius 3 is 1.45 bits per heavy atom. The number of allylic oxidation sites excluding steroid dienone is 11. The van der Waals surface area contributed by atoms with E-state index in [1.165, 1.54) is 64.2 Å². The van der Waals surface area contributed by atoms with Gasteiger partial charge in [0.25, 0.3) is 0 Å². The maximum Gasteiger partial charge on any atom is 0.305 e. The van der Waals surface area contributed by atoms with Crippen molar-refractivity contribution >= 4 is 11.9 Å². The van der Waals surface area contributed by atoms with E-state index < -0.39 is 18.2 Å². The molecule has 0 saturated heterocycles. The van der Waals surface area contributed by atoms with Gasteiger partial charge in [0.1, 0.15) is 19.3 Å². The van der Waals surface area contributed by atoms with Crippen molar-refractivity contribution in [3.8, 4) is 0 Å². The third-order valence-electron chi connectivity index (χ3n) is 8.00. The second kappa shape index (κ2) is 36.6. The van der Waals surface area contributed by atoms with E-state index >= 15 is 0 Å². The molecular formula is C43H72O6. The topological polar surface area (TPSA) is 93.1 Å². The minimum absolute atomic E-state index is 0.0300. The molecule has 1 unspecified atom stereocenters. The molecule has 2 atom stereocenters. The minimum atomic E-state index is -1.06. The van der Waals surface area contributed by atoms with Gasteiger partial charge in [0, 0.05) is 12.8 Å².